The van der Waals surface area contributed by atoms with E-state index in [4.69, 9.17) is 4.79 Å². The number of nitrogens with one attached hydrogen (secondary N) is 4. The first-order valence-electron chi connectivity index (χ1n) is 20.0. The molecule has 1 aromatic carbocycles. The first-order chi connectivity index (χ1) is 28.2. The third-order valence-corrected chi connectivity index (χ3v) is 8.76. The second-order valence-electron chi connectivity index (χ2n) is 13.6. The monoisotopic (exact) mass is 798 g/mol. The topological polar surface area (TPSA) is 175 Å². The van der Waals surface area contributed by atoms with Crippen LogP contribution in [-0.2, 0) is 36.7 Å². The standard InChI is InChI=1S/C32H35N7O.C4H7NO3.2C3H8.C2H4O2/c1-33-21-30(40)39-18-6-10-29(39)32-35-20-25(37-32)16-14-23-12-11-22(26-7-3-4-8-27(23)26)13-15-24-19-34-31(36-24)28-9-5-17-38(28)2;1-8-4(7)5-2-3-6;2*1-3-2;1-4-2-3/h3-4,11-12,19-20,28-29,33H,5-10,17-18,21H2,1-2H3,(H,34,36)(H,35,37);3H,2H2,1H3,(H,5,7);2*3H2,1-2H3;2H,1H3/t28?,29-;;;;/m1..../s1. The van der Waals surface area contributed by atoms with Gasteiger partial charge in [-0.15, -0.1) is 0 Å². The van der Waals surface area contributed by atoms with E-state index in [2.05, 4.69) is 128 Å². The van der Waals surface area contributed by atoms with Gasteiger partial charge in [0.1, 0.15) is 29.3 Å². The largest absolute Gasteiger partial charge is 0.471 e. The van der Waals surface area contributed by atoms with Gasteiger partial charge in [0.25, 0.3) is 6.47 Å². The molecule has 0 saturated carbocycles. The van der Waals surface area contributed by atoms with E-state index >= 15 is 0 Å². The van der Waals surface area contributed by atoms with Gasteiger partial charge in [0.05, 0.1) is 51.8 Å². The van der Waals surface area contributed by atoms with E-state index in [9.17, 15) is 14.4 Å². The number of aromatic amines is 2. The average molecular weight is 799 g/mol. The molecule has 314 valence electrons. The molecule has 0 radical (unpaired) electrons. The number of aldehydes is 1. The third-order valence-electron chi connectivity index (χ3n) is 8.76. The summed E-state index contributed by atoms with van der Waals surface area (Å²) in [6, 6.07) is 4.50. The number of benzene rings is 1. The van der Waals surface area contributed by atoms with Gasteiger partial charge >= 0.3 is 6.09 Å². The molecular weight excluding hydrogens is 737 g/mol. The van der Waals surface area contributed by atoms with Crippen molar-refractivity contribution in [1.29, 1.82) is 0 Å². The fourth-order valence-corrected chi connectivity index (χ4v) is 6.26. The summed E-state index contributed by atoms with van der Waals surface area (Å²) >= 11 is 0. The first kappa shape index (κ1) is 48.4. The Bertz CT molecular complexity index is 1880. The molecule has 4 heterocycles. The maximum atomic E-state index is 12.5. The second kappa shape index (κ2) is 27.8. The van der Waals surface area contributed by atoms with Crippen LogP contribution in [0, 0.1) is 23.7 Å². The zero-order valence-corrected chi connectivity index (χ0v) is 35.5. The number of allylic oxidation sites excluding steroid dienone is 2. The molecule has 0 bridgehead atoms. The number of H-pyrrole nitrogens is 2. The highest BCUT2D eigenvalue weighted by molar-refractivity contribution is 5.79. The number of aromatic nitrogens is 4. The number of likely N-dealkylation sites (N-methyl/N-ethyl adjacent to an activating group) is 1. The summed E-state index contributed by atoms with van der Waals surface area (Å²) in [6.45, 7) is 11.1. The van der Waals surface area contributed by atoms with Gasteiger partial charge < -0.3 is 39.8 Å². The fourth-order valence-electron chi connectivity index (χ4n) is 6.26. The minimum atomic E-state index is -0.586. The molecule has 3 aliphatic rings. The first-order valence-corrected chi connectivity index (χ1v) is 20.0. The van der Waals surface area contributed by atoms with E-state index in [-0.39, 0.29) is 18.5 Å². The number of alkyl carbamates (subject to hydrolysis) is 1. The van der Waals surface area contributed by atoms with Gasteiger partial charge in [0.15, 0.2) is 0 Å². The number of imidazole rings is 2. The van der Waals surface area contributed by atoms with Gasteiger partial charge in [-0.3, -0.25) is 14.5 Å². The molecule has 0 spiro atoms. The van der Waals surface area contributed by atoms with Crippen LogP contribution in [0.3, 0.4) is 0 Å². The molecule has 1 aliphatic carbocycles. The Hall–Kier alpha value is -5.70. The molecule has 1 unspecified atom stereocenters. The van der Waals surface area contributed by atoms with Crippen LogP contribution in [0.15, 0.2) is 36.7 Å². The number of likely N-dealkylation sites (tertiary alicyclic amines) is 2. The lowest BCUT2D eigenvalue weighted by Gasteiger charge is -2.23. The average Bonchev–Trinajstić information content (AvgIpc) is 4.08. The lowest BCUT2D eigenvalue weighted by atomic mass is 9.88. The van der Waals surface area contributed by atoms with E-state index in [1.165, 1.54) is 44.6 Å². The molecule has 2 atom stereocenters. The van der Waals surface area contributed by atoms with E-state index in [1.54, 1.807) is 13.2 Å². The van der Waals surface area contributed by atoms with E-state index in [1.807, 2.05) is 11.1 Å². The van der Waals surface area contributed by atoms with Gasteiger partial charge in [-0.1, -0.05) is 64.5 Å². The van der Waals surface area contributed by atoms with Crippen LogP contribution in [0.1, 0.15) is 124 Å². The molecule has 2 amide bonds. The van der Waals surface area contributed by atoms with Gasteiger partial charge in [-0.2, -0.15) is 0 Å². The van der Waals surface area contributed by atoms with E-state index in [0.29, 0.717) is 25.3 Å². The normalized spacial score (nSPS) is 15.9. The third kappa shape index (κ3) is 15.7. The Labute approximate surface area is 344 Å². The second-order valence-corrected chi connectivity index (χ2v) is 13.6. The fraction of sp³-hybridized carbons (Fsp3) is 0.500. The van der Waals surface area contributed by atoms with Crippen LogP contribution in [0.25, 0.3) is 0 Å². The molecular formula is C44H62N8O6. The van der Waals surface area contributed by atoms with Gasteiger partial charge in [0, 0.05) is 17.7 Å². The van der Waals surface area contributed by atoms with Crippen LogP contribution in [0.4, 0.5) is 4.79 Å². The number of nitrogens with zero attached hydrogens (tertiary/aromatic N) is 4. The van der Waals surface area contributed by atoms with E-state index < -0.39 is 6.09 Å². The molecule has 2 aromatic heterocycles. The Kier molecular flexibility index (Phi) is 23.2. The summed E-state index contributed by atoms with van der Waals surface area (Å²) in [4.78, 5) is 61.3. The van der Waals surface area contributed by atoms with Gasteiger partial charge in [0.2, 0.25) is 5.91 Å². The van der Waals surface area contributed by atoms with Crippen molar-refractivity contribution in [3.63, 3.8) is 0 Å². The lowest BCUT2D eigenvalue weighted by Crippen LogP contribution is -2.37. The van der Waals surface area contributed by atoms with Crippen LogP contribution >= 0.6 is 0 Å². The van der Waals surface area contributed by atoms with Gasteiger partial charge in [-0.05, 0) is 94.3 Å². The van der Waals surface area contributed by atoms with Crippen molar-refractivity contribution in [2.24, 2.45) is 0 Å². The SMILES string of the molecule is CCC.CCC.CNCC(=O)N1CCC[C@@H]1c1ncc(C#Cc2ccc(C#Cc3cnc(C4CCCN4C)[nH]3)c3c2CC=CC3)[nH]1.COC(=O)NCC=O.COC=O. The quantitative estimate of drug-likeness (QED) is 0.138. The van der Waals surface area contributed by atoms with Crippen LogP contribution in [0.5, 0.6) is 0 Å². The molecule has 58 heavy (non-hydrogen) atoms. The molecule has 4 N–H and O–H groups in total. The number of hydrogen-bond acceptors (Lipinski definition) is 10. The summed E-state index contributed by atoms with van der Waals surface area (Å²) in [5.41, 5.74) is 6.14. The van der Waals surface area contributed by atoms with Crippen molar-refractivity contribution in [3.05, 3.63) is 82.0 Å². The number of fused-ring (bicyclic) bond motifs is 1. The number of methoxy groups -OCH3 is 2. The van der Waals surface area contributed by atoms with E-state index in [0.717, 1.165) is 79.4 Å². The maximum absolute atomic E-state index is 12.5. The molecule has 14 nitrogen and oxygen atoms in total. The number of hydrogen-bond donors (Lipinski definition) is 4. The highest BCUT2D eigenvalue weighted by atomic mass is 16.5. The number of carbonyl (C=O) groups is 4. The van der Waals surface area contributed by atoms with Crippen LogP contribution in [-0.4, -0.2) is 109 Å². The molecule has 2 saturated heterocycles. The number of ether oxygens (including phenoxy) is 2. The van der Waals surface area contributed by atoms with Crippen molar-refractivity contribution >= 4 is 24.8 Å². The molecule has 2 fully saturated rings. The highest BCUT2D eigenvalue weighted by Crippen LogP contribution is 2.30. The summed E-state index contributed by atoms with van der Waals surface area (Å²) < 4.78 is 8.00. The number of amides is 2. The number of carbonyl (C=O) groups excluding carboxylic acids is 4. The van der Waals surface area contributed by atoms with Gasteiger partial charge in [-0.25, -0.2) is 14.8 Å². The molecule has 14 heteroatoms. The van der Waals surface area contributed by atoms with Crippen LogP contribution < -0.4 is 10.6 Å². The maximum Gasteiger partial charge on any atom is 0.407 e. The van der Waals surface area contributed by atoms with Crippen molar-refractivity contribution in [2.45, 2.75) is 91.1 Å². The summed E-state index contributed by atoms with van der Waals surface area (Å²) in [7, 11) is 6.49. The highest BCUT2D eigenvalue weighted by Gasteiger charge is 2.31. The summed E-state index contributed by atoms with van der Waals surface area (Å²) in [5, 5.41) is 5.11. The predicted octanol–water partition coefficient (Wildman–Crippen LogP) is 5.40. The molecule has 6 rings (SSSR count). The number of rotatable bonds is 7. The molecule has 3 aromatic rings. The van der Waals surface area contributed by atoms with Crippen LogP contribution in [0.2, 0.25) is 0 Å². The lowest BCUT2D eigenvalue weighted by molar-refractivity contribution is -0.131. The summed E-state index contributed by atoms with van der Waals surface area (Å²) in [6.07, 6.45) is 16.5. The van der Waals surface area contributed by atoms with Crippen molar-refractivity contribution < 1.29 is 28.7 Å². The zero-order valence-electron chi connectivity index (χ0n) is 35.5. The van der Waals surface area contributed by atoms with Crippen molar-refractivity contribution in [2.75, 3.05) is 54.5 Å². The molecule has 2 aliphatic heterocycles. The minimum Gasteiger partial charge on any atom is -0.471 e. The Balaban J connectivity index is 0.000000544. The zero-order chi connectivity index (χ0) is 42.7. The minimum absolute atomic E-state index is 0.00662. The Morgan fingerprint density at radius 3 is 1.79 bits per heavy atom. The smallest absolute Gasteiger partial charge is 0.407 e. The van der Waals surface area contributed by atoms with Crippen molar-refractivity contribution in [3.8, 4) is 23.7 Å². The van der Waals surface area contributed by atoms with Crippen molar-refractivity contribution in [1.82, 2.24) is 40.4 Å². The predicted molar refractivity (Wildman–Crippen MR) is 226 cm³/mol. The Morgan fingerprint density at radius 1 is 0.845 bits per heavy atom. The summed E-state index contributed by atoms with van der Waals surface area (Å²) in [5.74, 6) is 15.3. The Morgan fingerprint density at radius 2 is 1.34 bits per heavy atom.